The number of rotatable bonds is 54. The molecule has 0 bridgehead atoms. The molecule has 0 aromatic heterocycles. The molecule has 0 aromatic carbocycles. The van der Waals surface area contributed by atoms with Crippen molar-refractivity contribution in [2.24, 2.45) is 0 Å². The number of carbonyl (C=O) groups is 2. The lowest BCUT2D eigenvalue weighted by atomic mass is 10.0. The van der Waals surface area contributed by atoms with Crippen molar-refractivity contribution >= 4 is 11.9 Å². The number of hydrogen-bond acceptors (Lipinski definition) is 5. The number of ether oxygens (including phenoxy) is 1. The lowest BCUT2D eigenvalue weighted by molar-refractivity contribution is -0.143. The van der Waals surface area contributed by atoms with Crippen molar-refractivity contribution in [3.63, 3.8) is 0 Å². The molecular weight excluding hydrogens is 803 g/mol. The maximum atomic E-state index is 12.5. The molecule has 384 valence electrons. The van der Waals surface area contributed by atoms with Gasteiger partial charge in [0.2, 0.25) is 5.91 Å². The fraction of sp³-hybridized carbons (Fsp3) is 0.898. The molecule has 0 aromatic rings. The average molecular weight is 917 g/mol. The number of esters is 1. The molecule has 0 aliphatic carbocycles. The largest absolute Gasteiger partial charge is 0.466 e. The Labute approximate surface area is 405 Å². The van der Waals surface area contributed by atoms with Gasteiger partial charge in [0.25, 0.3) is 0 Å². The molecule has 2 atom stereocenters. The molecule has 1 amide bonds. The normalized spacial score (nSPS) is 12.7. The maximum Gasteiger partial charge on any atom is 0.305 e. The lowest BCUT2D eigenvalue weighted by Gasteiger charge is -2.20. The Balaban J connectivity index is 3.48. The van der Waals surface area contributed by atoms with Crippen LogP contribution in [0.1, 0.15) is 316 Å². The van der Waals surface area contributed by atoms with Gasteiger partial charge in [-0.05, 0) is 57.8 Å². The molecule has 6 heteroatoms. The number of allylic oxidation sites excluding steroid dienone is 3. The predicted molar refractivity (Wildman–Crippen MR) is 283 cm³/mol. The quantitative estimate of drug-likeness (QED) is 0.0321. The Morgan fingerprint density at radius 2 is 0.723 bits per heavy atom. The van der Waals surface area contributed by atoms with E-state index in [1.165, 1.54) is 231 Å². The van der Waals surface area contributed by atoms with Gasteiger partial charge in [0, 0.05) is 12.8 Å². The van der Waals surface area contributed by atoms with E-state index in [0.717, 1.165) is 57.8 Å². The van der Waals surface area contributed by atoms with E-state index in [0.29, 0.717) is 19.4 Å². The zero-order valence-corrected chi connectivity index (χ0v) is 43.7. The van der Waals surface area contributed by atoms with Gasteiger partial charge in [-0.3, -0.25) is 9.59 Å². The first-order valence-corrected chi connectivity index (χ1v) is 29.1. The Morgan fingerprint density at radius 1 is 0.415 bits per heavy atom. The SMILES string of the molecule is CCCCCCCC/C=C\CCCCCCCCCCCC(=O)OCCCCCCCCCCCCCC(=O)NC(CO)C(O)/C=C/CCCCCCCCCCCCCCCCCC. The van der Waals surface area contributed by atoms with Gasteiger partial charge in [0.1, 0.15) is 0 Å². The number of aliphatic hydroxyl groups excluding tert-OH is 2. The predicted octanol–water partition coefficient (Wildman–Crippen LogP) is 17.9. The van der Waals surface area contributed by atoms with Crippen LogP contribution >= 0.6 is 0 Å². The molecule has 0 saturated heterocycles. The summed E-state index contributed by atoms with van der Waals surface area (Å²) in [6.07, 6.45) is 66.2. The molecule has 0 aliphatic rings. The Bertz CT molecular complexity index is 1010. The number of nitrogens with one attached hydrogen (secondary N) is 1. The number of hydrogen-bond donors (Lipinski definition) is 3. The maximum absolute atomic E-state index is 12.5. The standard InChI is InChI=1S/C59H113NO5/c1-3-5-7-9-11-13-15-17-19-21-23-25-27-29-33-37-41-45-49-53-59(64)65-54-50-46-42-38-34-30-32-36-40-44-48-52-58(63)60-56(55-61)57(62)51-47-43-39-35-31-28-26-24-22-20-18-16-14-12-10-8-6-4-2/h17,19,47,51,56-57,61-62H,3-16,18,20-46,48-50,52-55H2,1-2H3,(H,60,63)/b19-17-,51-47+. The number of aliphatic hydroxyl groups is 2. The number of amides is 1. The van der Waals surface area contributed by atoms with E-state index < -0.39 is 12.1 Å². The summed E-state index contributed by atoms with van der Waals surface area (Å²) in [5.41, 5.74) is 0. The van der Waals surface area contributed by atoms with Crippen molar-refractivity contribution in [2.45, 2.75) is 328 Å². The highest BCUT2D eigenvalue weighted by atomic mass is 16.5. The van der Waals surface area contributed by atoms with Crippen LogP contribution in [0.2, 0.25) is 0 Å². The Kier molecular flexibility index (Phi) is 53.5. The summed E-state index contributed by atoms with van der Waals surface area (Å²) in [5.74, 6) is -0.1000. The second-order valence-corrected chi connectivity index (χ2v) is 20.0. The van der Waals surface area contributed by atoms with E-state index in [1.807, 2.05) is 6.08 Å². The van der Waals surface area contributed by atoms with Gasteiger partial charge in [0.15, 0.2) is 0 Å². The fourth-order valence-corrected chi connectivity index (χ4v) is 8.98. The average Bonchev–Trinajstić information content (AvgIpc) is 3.31. The van der Waals surface area contributed by atoms with Crippen LogP contribution in [0.3, 0.4) is 0 Å². The molecule has 0 aliphatic heterocycles. The van der Waals surface area contributed by atoms with E-state index in [2.05, 4.69) is 31.3 Å². The summed E-state index contributed by atoms with van der Waals surface area (Å²) in [7, 11) is 0. The molecule has 0 heterocycles. The number of unbranched alkanes of at least 4 members (excludes halogenated alkanes) is 41. The summed E-state index contributed by atoms with van der Waals surface area (Å²) in [5, 5.41) is 23.1. The second-order valence-electron chi connectivity index (χ2n) is 20.0. The van der Waals surface area contributed by atoms with Gasteiger partial charge < -0.3 is 20.3 Å². The molecule has 0 radical (unpaired) electrons. The molecule has 2 unspecified atom stereocenters. The van der Waals surface area contributed by atoms with Crippen molar-refractivity contribution in [3.8, 4) is 0 Å². The van der Waals surface area contributed by atoms with Gasteiger partial charge in [0.05, 0.1) is 25.4 Å². The van der Waals surface area contributed by atoms with E-state index in [9.17, 15) is 19.8 Å². The molecule has 0 fully saturated rings. The van der Waals surface area contributed by atoms with Gasteiger partial charge >= 0.3 is 5.97 Å². The van der Waals surface area contributed by atoms with Crippen molar-refractivity contribution in [2.75, 3.05) is 13.2 Å². The molecule has 6 nitrogen and oxygen atoms in total. The summed E-state index contributed by atoms with van der Waals surface area (Å²) >= 11 is 0. The third-order valence-electron chi connectivity index (χ3n) is 13.5. The fourth-order valence-electron chi connectivity index (χ4n) is 8.98. The summed E-state index contributed by atoms with van der Waals surface area (Å²) < 4.78 is 5.48. The number of carbonyl (C=O) groups excluding carboxylic acids is 2. The smallest absolute Gasteiger partial charge is 0.305 e. The molecule has 65 heavy (non-hydrogen) atoms. The van der Waals surface area contributed by atoms with Crippen molar-refractivity contribution in [1.82, 2.24) is 5.32 Å². The molecule has 3 N–H and O–H groups in total. The topological polar surface area (TPSA) is 95.9 Å². The minimum atomic E-state index is -0.857. The summed E-state index contributed by atoms with van der Waals surface area (Å²) in [6, 6.07) is -0.642. The third-order valence-corrected chi connectivity index (χ3v) is 13.5. The highest BCUT2D eigenvalue weighted by molar-refractivity contribution is 5.76. The molecule has 0 rings (SSSR count). The zero-order chi connectivity index (χ0) is 47.2. The van der Waals surface area contributed by atoms with E-state index >= 15 is 0 Å². The first-order valence-electron chi connectivity index (χ1n) is 29.1. The van der Waals surface area contributed by atoms with Gasteiger partial charge in [-0.15, -0.1) is 0 Å². The van der Waals surface area contributed by atoms with Crippen LogP contribution in [0.25, 0.3) is 0 Å². The van der Waals surface area contributed by atoms with E-state index in [1.54, 1.807) is 6.08 Å². The van der Waals surface area contributed by atoms with Crippen LogP contribution in [0.5, 0.6) is 0 Å². The van der Waals surface area contributed by atoms with Gasteiger partial charge in [-0.1, -0.05) is 269 Å². The van der Waals surface area contributed by atoms with Crippen molar-refractivity contribution in [1.29, 1.82) is 0 Å². The minimum absolute atomic E-state index is 0.0154. The first kappa shape index (κ1) is 63.3. The minimum Gasteiger partial charge on any atom is -0.466 e. The Hall–Kier alpha value is -1.66. The van der Waals surface area contributed by atoms with Crippen molar-refractivity contribution in [3.05, 3.63) is 24.3 Å². The van der Waals surface area contributed by atoms with Crippen LogP contribution < -0.4 is 5.32 Å². The van der Waals surface area contributed by atoms with Crippen LogP contribution in [0.15, 0.2) is 24.3 Å². The highest BCUT2D eigenvalue weighted by Crippen LogP contribution is 2.17. The van der Waals surface area contributed by atoms with E-state index in [-0.39, 0.29) is 18.5 Å². The van der Waals surface area contributed by atoms with Gasteiger partial charge in [-0.25, -0.2) is 0 Å². The van der Waals surface area contributed by atoms with Crippen LogP contribution in [0.4, 0.5) is 0 Å². The lowest BCUT2D eigenvalue weighted by Crippen LogP contribution is -2.45. The van der Waals surface area contributed by atoms with Crippen LogP contribution in [-0.4, -0.2) is 47.4 Å². The monoisotopic (exact) mass is 916 g/mol. The zero-order valence-electron chi connectivity index (χ0n) is 43.7. The van der Waals surface area contributed by atoms with Crippen LogP contribution in [-0.2, 0) is 14.3 Å². The van der Waals surface area contributed by atoms with Gasteiger partial charge in [-0.2, -0.15) is 0 Å². The second kappa shape index (κ2) is 54.9. The molecule has 0 spiro atoms. The summed E-state index contributed by atoms with van der Waals surface area (Å²) in [4.78, 5) is 24.6. The Morgan fingerprint density at radius 3 is 1.09 bits per heavy atom. The van der Waals surface area contributed by atoms with E-state index in [4.69, 9.17) is 4.74 Å². The molecule has 0 saturated carbocycles. The first-order chi connectivity index (χ1) is 32.0. The summed E-state index contributed by atoms with van der Waals surface area (Å²) in [6.45, 7) is 4.87. The molecular formula is C59H113NO5. The van der Waals surface area contributed by atoms with Crippen LogP contribution in [0, 0.1) is 0 Å². The van der Waals surface area contributed by atoms with Crippen molar-refractivity contribution < 1.29 is 24.5 Å². The third kappa shape index (κ3) is 51.6. The highest BCUT2D eigenvalue weighted by Gasteiger charge is 2.18.